The molecular weight excluding hydrogens is 224 g/mol. The summed E-state index contributed by atoms with van der Waals surface area (Å²) in [4.78, 5) is 13.1. The molecule has 96 valence electrons. The van der Waals surface area contributed by atoms with Crippen molar-refractivity contribution in [3.05, 3.63) is 0 Å². The van der Waals surface area contributed by atoms with Crippen LogP contribution < -0.4 is 0 Å². The lowest BCUT2D eigenvalue weighted by molar-refractivity contribution is -0.130. The van der Waals surface area contributed by atoms with Crippen LogP contribution in [0.4, 0.5) is 0 Å². The number of carbonyl (C=O) groups excluding carboxylic acids is 1. The summed E-state index contributed by atoms with van der Waals surface area (Å²) in [6.07, 6.45) is 11.3. The molecular formula is C15H20N2O. The first kappa shape index (κ1) is 13.0. The van der Waals surface area contributed by atoms with Crippen molar-refractivity contribution in [1.29, 1.82) is 5.26 Å². The van der Waals surface area contributed by atoms with Crippen molar-refractivity contribution in [2.75, 3.05) is 6.54 Å². The molecule has 1 saturated carbocycles. The Kier molecular flexibility index (Phi) is 3.62. The van der Waals surface area contributed by atoms with Crippen LogP contribution in [0.1, 0.15) is 39.0 Å². The van der Waals surface area contributed by atoms with E-state index >= 15 is 0 Å². The first-order chi connectivity index (χ1) is 8.67. The molecule has 3 heteroatoms. The summed E-state index contributed by atoms with van der Waals surface area (Å²) in [5.41, 5.74) is -0.431. The summed E-state index contributed by atoms with van der Waals surface area (Å²) < 4.78 is 0. The fraction of sp³-hybridized carbons (Fsp3) is 0.733. The molecule has 1 heterocycles. The Morgan fingerprint density at radius 2 is 2.39 bits per heavy atom. The minimum atomic E-state index is -0.431. The zero-order valence-corrected chi connectivity index (χ0v) is 10.9. The average Bonchev–Trinajstić information content (AvgIpc) is 2.38. The van der Waals surface area contributed by atoms with Gasteiger partial charge in [0.2, 0.25) is 6.41 Å². The molecule has 0 radical (unpaired) electrons. The van der Waals surface area contributed by atoms with Gasteiger partial charge in [-0.15, -0.1) is 6.42 Å². The number of terminal acetylenes is 1. The summed E-state index contributed by atoms with van der Waals surface area (Å²) in [5.74, 6) is 4.06. The lowest BCUT2D eigenvalue weighted by Gasteiger charge is -2.54. The van der Waals surface area contributed by atoms with Crippen LogP contribution in [0.3, 0.4) is 0 Å². The number of carbonyl (C=O) groups is 1. The van der Waals surface area contributed by atoms with Gasteiger partial charge in [-0.3, -0.25) is 4.79 Å². The van der Waals surface area contributed by atoms with E-state index in [0.717, 1.165) is 38.6 Å². The minimum absolute atomic E-state index is 0.303. The highest BCUT2D eigenvalue weighted by atomic mass is 16.1. The molecule has 2 aliphatic rings. The highest BCUT2D eigenvalue weighted by Crippen LogP contribution is 2.49. The lowest BCUT2D eigenvalue weighted by atomic mass is 9.59. The number of piperidine rings is 1. The first-order valence-corrected chi connectivity index (χ1v) is 6.74. The number of hydrogen-bond donors (Lipinski definition) is 0. The van der Waals surface area contributed by atoms with Crippen LogP contribution in [0.15, 0.2) is 0 Å². The van der Waals surface area contributed by atoms with E-state index in [1.54, 1.807) is 0 Å². The van der Waals surface area contributed by atoms with Crippen LogP contribution in [0, 0.1) is 41.4 Å². The average molecular weight is 244 g/mol. The quantitative estimate of drug-likeness (QED) is 0.552. The summed E-state index contributed by atoms with van der Waals surface area (Å²) in [7, 11) is 0. The molecule has 1 amide bonds. The van der Waals surface area contributed by atoms with E-state index in [2.05, 4.69) is 18.9 Å². The van der Waals surface area contributed by atoms with Gasteiger partial charge >= 0.3 is 0 Å². The molecule has 2 rings (SSSR count). The smallest absolute Gasteiger partial charge is 0.210 e. The predicted molar refractivity (Wildman–Crippen MR) is 69.2 cm³/mol. The van der Waals surface area contributed by atoms with E-state index < -0.39 is 5.54 Å². The van der Waals surface area contributed by atoms with Crippen molar-refractivity contribution >= 4 is 6.41 Å². The van der Waals surface area contributed by atoms with E-state index in [4.69, 9.17) is 11.7 Å². The molecule has 3 nitrogen and oxygen atoms in total. The Morgan fingerprint density at radius 3 is 3.00 bits per heavy atom. The van der Waals surface area contributed by atoms with Gasteiger partial charge in [-0.2, -0.15) is 5.26 Å². The minimum Gasteiger partial charge on any atom is -0.328 e. The van der Waals surface area contributed by atoms with Crippen LogP contribution in [0.2, 0.25) is 0 Å². The number of nitrogens with zero attached hydrogens (tertiary/aromatic N) is 2. The van der Waals surface area contributed by atoms with E-state index in [0.29, 0.717) is 24.2 Å². The van der Waals surface area contributed by atoms with E-state index in [-0.39, 0.29) is 0 Å². The Hall–Kier alpha value is -1.48. The van der Waals surface area contributed by atoms with Crippen LogP contribution in [0.25, 0.3) is 0 Å². The van der Waals surface area contributed by atoms with Gasteiger partial charge in [-0.05, 0) is 43.4 Å². The Labute approximate surface area is 109 Å². The lowest BCUT2D eigenvalue weighted by Crippen LogP contribution is -2.60. The monoisotopic (exact) mass is 244 g/mol. The highest BCUT2D eigenvalue weighted by molar-refractivity contribution is 5.52. The summed E-state index contributed by atoms with van der Waals surface area (Å²) in [6, 6.07) is 2.29. The number of hydrogen-bond acceptors (Lipinski definition) is 2. The Morgan fingerprint density at radius 1 is 1.61 bits per heavy atom. The topological polar surface area (TPSA) is 44.1 Å². The van der Waals surface area contributed by atoms with Gasteiger partial charge in [-0.1, -0.05) is 12.8 Å². The fourth-order valence-electron chi connectivity index (χ4n) is 4.06. The van der Waals surface area contributed by atoms with Crippen molar-refractivity contribution in [3.8, 4) is 18.4 Å². The van der Waals surface area contributed by atoms with Crippen LogP contribution in [-0.4, -0.2) is 23.4 Å². The zero-order valence-electron chi connectivity index (χ0n) is 10.9. The van der Waals surface area contributed by atoms with E-state index in [1.165, 1.54) is 0 Å². The van der Waals surface area contributed by atoms with Gasteiger partial charge in [0.05, 0.1) is 6.07 Å². The summed E-state index contributed by atoms with van der Waals surface area (Å²) in [5, 5.41) is 8.99. The SMILES string of the molecule is C#CC12CC(C)CC(CC#N)C1CCCN2C=O. The molecule has 2 fully saturated rings. The normalized spacial score (nSPS) is 39.3. The van der Waals surface area contributed by atoms with Gasteiger partial charge in [0.15, 0.2) is 0 Å². The van der Waals surface area contributed by atoms with Gasteiger partial charge in [0.1, 0.15) is 5.54 Å². The zero-order chi connectivity index (χ0) is 13.2. The molecule has 0 aromatic rings. The maximum atomic E-state index is 11.3. The van der Waals surface area contributed by atoms with Crippen molar-refractivity contribution in [1.82, 2.24) is 4.90 Å². The third-order valence-corrected chi connectivity index (χ3v) is 4.70. The van der Waals surface area contributed by atoms with Gasteiger partial charge in [-0.25, -0.2) is 0 Å². The number of nitriles is 1. The second kappa shape index (κ2) is 5.02. The molecule has 0 N–H and O–H groups in total. The molecule has 0 bridgehead atoms. The van der Waals surface area contributed by atoms with Gasteiger partial charge in [0.25, 0.3) is 0 Å². The van der Waals surface area contributed by atoms with Crippen molar-refractivity contribution in [2.45, 2.75) is 44.6 Å². The summed E-state index contributed by atoms with van der Waals surface area (Å²) >= 11 is 0. The highest BCUT2D eigenvalue weighted by Gasteiger charge is 2.51. The Bertz CT molecular complexity index is 406. The standard InChI is InChI=1S/C15H20N2O/c1-3-15-10-12(2)9-13(6-7-16)14(15)5-4-8-17(15)11-18/h1,11-14H,4-6,8-10H2,2H3. The van der Waals surface area contributed by atoms with Gasteiger partial charge < -0.3 is 4.90 Å². The van der Waals surface area contributed by atoms with Crippen LogP contribution >= 0.6 is 0 Å². The molecule has 0 aromatic carbocycles. The Balaban J connectivity index is 2.36. The molecule has 1 aliphatic carbocycles. The number of rotatable bonds is 2. The maximum absolute atomic E-state index is 11.3. The third-order valence-electron chi connectivity index (χ3n) is 4.70. The largest absolute Gasteiger partial charge is 0.328 e. The van der Waals surface area contributed by atoms with Gasteiger partial charge in [0, 0.05) is 13.0 Å². The molecule has 0 aromatic heterocycles. The second-order valence-corrected chi connectivity index (χ2v) is 5.78. The van der Waals surface area contributed by atoms with E-state index in [1.807, 2.05) is 4.90 Å². The fourth-order valence-corrected chi connectivity index (χ4v) is 4.06. The van der Waals surface area contributed by atoms with Crippen molar-refractivity contribution in [3.63, 3.8) is 0 Å². The predicted octanol–water partition coefficient (Wildman–Crippen LogP) is 2.19. The molecule has 1 aliphatic heterocycles. The molecule has 4 unspecified atom stereocenters. The molecule has 4 atom stereocenters. The molecule has 0 spiro atoms. The second-order valence-electron chi connectivity index (χ2n) is 5.78. The number of likely N-dealkylation sites (tertiary alicyclic amines) is 1. The maximum Gasteiger partial charge on any atom is 0.210 e. The first-order valence-electron chi connectivity index (χ1n) is 6.74. The van der Waals surface area contributed by atoms with Crippen LogP contribution in [0.5, 0.6) is 0 Å². The summed E-state index contributed by atoms with van der Waals surface area (Å²) in [6.45, 7) is 2.94. The number of fused-ring (bicyclic) bond motifs is 1. The van der Waals surface area contributed by atoms with Crippen molar-refractivity contribution < 1.29 is 4.79 Å². The van der Waals surface area contributed by atoms with E-state index in [9.17, 15) is 4.79 Å². The third kappa shape index (κ3) is 1.89. The van der Waals surface area contributed by atoms with Crippen LogP contribution in [-0.2, 0) is 4.79 Å². The molecule has 1 saturated heterocycles. The number of amides is 1. The van der Waals surface area contributed by atoms with Crippen molar-refractivity contribution in [2.24, 2.45) is 17.8 Å². The molecule has 18 heavy (non-hydrogen) atoms.